The zero-order chi connectivity index (χ0) is 11.8. The van der Waals surface area contributed by atoms with Crippen LogP contribution in [0.3, 0.4) is 0 Å². The van der Waals surface area contributed by atoms with E-state index in [1.165, 1.54) is 19.3 Å². The summed E-state index contributed by atoms with van der Waals surface area (Å²) in [4.78, 5) is 0. The predicted octanol–water partition coefficient (Wildman–Crippen LogP) is 3.70. The molecule has 0 aliphatic carbocycles. The molecule has 0 radical (unpaired) electrons. The van der Waals surface area contributed by atoms with Gasteiger partial charge in [-0.1, -0.05) is 38.3 Å². The van der Waals surface area contributed by atoms with Crippen LogP contribution in [0.25, 0.3) is 0 Å². The molecule has 90 valence electrons. The monoisotopic (exact) mass is 222 g/mol. The molecule has 1 rings (SSSR count). The lowest BCUT2D eigenvalue weighted by Gasteiger charge is -2.09. The molecule has 1 atom stereocenters. The molecule has 1 aromatic rings. The molecule has 0 fully saturated rings. The van der Waals surface area contributed by atoms with E-state index in [0.29, 0.717) is 0 Å². The van der Waals surface area contributed by atoms with Crippen LogP contribution in [0.2, 0.25) is 0 Å². The van der Waals surface area contributed by atoms with Crippen molar-refractivity contribution < 1.29 is 9.84 Å². The van der Waals surface area contributed by atoms with Crippen molar-refractivity contribution in [1.29, 1.82) is 0 Å². The number of ether oxygens (including phenoxy) is 1. The van der Waals surface area contributed by atoms with Gasteiger partial charge in [-0.15, -0.1) is 0 Å². The molecule has 16 heavy (non-hydrogen) atoms. The van der Waals surface area contributed by atoms with Crippen molar-refractivity contribution in [3.05, 3.63) is 29.8 Å². The number of rotatable bonds is 7. The first-order valence-electron chi connectivity index (χ1n) is 6.15. The fourth-order valence-electron chi connectivity index (χ4n) is 1.58. The second-order valence-corrected chi connectivity index (χ2v) is 4.16. The van der Waals surface area contributed by atoms with Crippen LogP contribution in [0.15, 0.2) is 24.3 Å². The fourth-order valence-corrected chi connectivity index (χ4v) is 1.58. The highest BCUT2D eigenvalue weighted by molar-refractivity contribution is 5.29. The van der Waals surface area contributed by atoms with Crippen LogP contribution in [0, 0.1) is 0 Å². The van der Waals surface area contributed by atoms with E-state index in [0.717, 1.165) is 24.3 Å². The first kappa shape index (κ1) is 13.0. The van der Waals surface area contributed by atoms with Gasteiger partial charge in [-0.2, -0.15) is 0 Å². The highest BCUT2D eigenvalue weighted by Crippen LogP contribution is 2.19. The van der Waals surface area contributed by atoms with Crippen LogP contribution in [0.5, 0.6) is 5.75 Å². The molecule has 0 aliphatic heterocycles. The van der Waals surface area contributed by atoms with Crippen molar-refractivity contribution in [2.45, 2.75) is 45.6 Å². The maximum atomic E-state index is 9.43. The van der Waals surface area contributed by atoms with Crippen LogP contribution in [0.1, 0.15) is 51.2 Å². The standard InChI is InChI=1S/C14H22O2/c1-3-4-5-6-10-16-14-9-7-8-13(11-14)12(2)15/h7-9,11-12,15H,3-6,10H2,1-2H3/t12-/m0/s1. The molecule has 0 heterocycles. The summed E-state index contributed by atoms with van der Waals surface area (Å²) in [6.07, 6.45) is 4.43. The molecular formula is C14H22O2. The lowest BCUT2D eigenvalue weighted by molar-refractivity contribution is 0.198. The summed E-state index contributed by atoms with van der Waals surface area (Å²) in [6, 6.07) is 7.67. The highest BCUT2D eigenvalue weighted by Gasteiger charge is 2.01. The zero-order valence-electron chi connectivity index (χ0n) is 10.3. The molecule has 0 aromatic heterocycles. The van der Waals surface area contributed by atoms with Gasteiger partial charge in [-0.25, -0.2) is 0 Å². The van der Waals surface area contributed by atoms with Gasteiger partial charge in [0.2, 0.25) is 0 Å². The van der Waals surface area contributed by atoms with Gasteiger partial charge in [0.05, 0.1) is 12.7 Å². The number of hydrogen-bond donors (Lipinski definition) is 1. The Morgan fingerprint density at radius 3 is 2.75 bits per heavy atom. The lowest BCUT2D eigenvalue weighted by Crippen LogP contribution is -1.98. The minimum Gasteiger partial charge on any atom is -0.494 e. The number of aliphatic hydroxyl groups is 1. The average molecular weight is 222 g/mol. The molecule has 0 saturated carbocycles. The van der Waals surface area contributed by atoms with Gasteiger partial charge in [-0.05, 0) is 31.0 Å². The maximum absolute atomic E-state index is 9.43. The minimum absolute atomic E-state index is 0.427. The van der Waals surface area contributed by atoms with Crippen LogP contribution in [-0.2, 0) is 0 Å². The molecule has 0 bridgehead atoms. The number of aliphatic hydroxyl groups excluding tert-OH is 1. The Hall–Kier alpha value is -1.02. The molecule has 1 aromatic carbocycles. The highest BCUT2D eigenvalue weighted by atomic mass is 16.5. The molecule has 0 spiro atoms. The van der Waals surface area contributed by atoms with Crippen LogP contribution in [-0.4, -0.2) is 11.7 Å². The topological polar surface area (TPSA) is 29.5 Å². The fraction of sp³-hybridized carbons (Fsp3) is 0.571. The Morgan fingerprint density at radius 2 is 2.06 bits per heavy atom. The second kappa shape index (κ2) is 7.29. The Kier molecular flexibility index (Phi) is 5.94. The van der Waals surface area contributed by atoms with E-state index >= 15 is 0 Å². The number of benzene rings is 1. The molecule has 0 saturated heterocycles. The summed E-state index contributed by atoms with van der Waals surface area (Å²) in [5.41, 5.74) is 0.908. The SMILES string of the molecule is CCCCCCOc1cccc([C@H](C)O)c1. The molecule has 2 heteroatoms. The van der Waals surface area contributed by atoms with Gasteiger partial charge >= 0.3 is 0 Å². The summed E-state index contributed by atoms with van der Waals surface area (Å²) >= 11 is 0. The van der Waals surface area contributed by atoms with Crippen molar-refractivity contribution in [3.8, 4) is 5.75 Å². The third-order valence-electron chi connectivity index (χ3n) is 2.61. The summed E-state index contributed by atoms with van der Waals surface area (Å²) in [5, 5.41) is 9.43. The quantitative estimate of drug-likeness (QED) is 0.713. The van der Waals surface area contributed by atoms with E-state index in [9.17, 15) is 5.11 Å². The summed E-state index contributed by atoms with van der Waals surface area (Å²) < 4.78 is 5.63. The number of hydrogen-bond acceptors (Lipinski definition) is 2. The summed E-state index contributed by atoms with van der Waals surface area (Å²) in [7, 11) is 0. The van der Waals surface area contributed by atoms with Gasteiger partial charge in [0.25, 0.3) is 0 Å². The molecule has 0 amide bonds. The van der Waals surface area contributed by atoms with Crippen LogP contribution >= 0.6 is 0 Å². The largest absolute Gasteiger partial charge is 0.494 e. The Balaban J connectivity index is 2.33. The maximum Gasteiger partial charge on any atom is 0.119 e. The zero-order valence-corrected chi connectivity index (χ0v) is 10.3. The Labute approximate surface area is 98.3 Å². The second-order valence-electron chi connectivity index (χ2n) is 4.16. The summed E-state index contributed by atoms with van der Waals surface area (Å²) in [6.45, 7) is 4.73. The minimum atomic E-state index is -0.427. The van der Waals surface area contributed by atoms with Crippen molar-refractivity contribution in [2.75, 3.05) is 6.61 Å². The predicted molar refractivity (Wildman–Crippen MR) is 66.7 cm³/mol. The average Bonchev–Trinajstić information content (AvgIpc) is 2.29. The smallest absolute Gasteiger partial charge is 0.119 e. The van der Waals surface area contributed by atoms with Gasteiger partial charge < -0.3 is 9.84 Å². The molecule has 0 aliphatic rings. The van der Waals surface area contributed by atoms with Gasteiger partial charge in [0, 0.05) is 0 Å². The van der Waals surface area contributed by atoms with Crippen LogP contribution < -0.4 is 4.74 Å². The normalized spacial score (nSPS) is 12.4. The third kappa shape index (κ3) is 4.67. The van der Waals surface area contributed by atoms with Crippen molar-refractivity contribution in [1.82, 2.24) is 0 Å². The lowest BCUT2D eigenvalue weighted by atomic mass is 10.1. The van der Waals surface area contributed by atoms with Crippen LogP contribution in [0.4, 0.5) is 0 Å². The van der Waals surface area contributed by atoms with E-state index in [-0.39, 0.29) is 0 Å². The first-order valence-corrected chi connectivity index (χ1v) is 6.15. The molecular weight excluding hydrogens is 200 g/mol. The van der Waals surface area contributed by atoms with E-state index in [1.807, 2.05) is 24.3 Å². The van der Waals surface area contributed by atoms with Gasteiger partial charge in [-0.3, -0.25) is 0 Å². The van der Waals surface area contributed by atoms with E-state index in [2.05, 4.69) is 6.92 Å². The van der Waals surface area contributed by atoms with Gasteiger partial charge in [0.1, 0.15) is 5.75 Å². The van der Waals surface area contributed by atoms with Crippen molar-refractivity contribution in [2.24, 2.45) is 0 Å². The van der Waals surface area contributed by atoms with Gasteiger partial charge in [0.15, 0.2) is 0 Å². The molecule has 1 N–H and O–H groups in total. The third-order valence-corrected chi connectivity index (χ3v) is 2.61. The molecule has 2 nitrogen and oxygen atoms in total. The number of unbranched alkanes of at least 4 members (excludes halogenated alkanes) is 3. The Bertz CT molecular complexity index is 295. The van der Waals surface area contributed by atoms with Crippen molar-refractivity contribution >= 4 is 0 Å². The van der Waals surface area contributed by atoms with Crippen molar-refractivity contribution in [3.63, 3.8) is 0 Å². The van der Waals surface area contributed by atoms with E-state index in [1.54, 1.807) is 6.92 Å². The van der Waals surface area contributed by atoms with E-state index < -0.39 is 6.10 Å². The Morgan fingerprint density at radius 1 is 1.25 bits per heavy atom. The first-order chi connectivity index (χ1) is 7.74. The summed E-state index contributed by atoms with van der Waals surface area (Å²) in [5.74, 6) is 0.856. The molecule has 0 unspecified atom stereocenters. The van der Waals surface area contributed by atoms with E-state index in [4.69, 9.17) is 4.74 Å².